The van der Waals surface area contributed by atoms with Gasteiger partial charge in [-0.25, -0.2) is 4.79 Å². The minimum absolute atomic E-state index is 0.0512. The van der Waals surface area contributed by atoms with Gasteiger partial charge in [0.2, 0.25) is 5.91 Å². The molecule has 5 atom stereocenters. The molecule has 0 aromatic heterocycles. The van der Waals surface area contributed by atoms with Gasteiger partial charge in [-0.15, -0.1) is 0 Å². The third-order valence-corrected chi connectivity index (χ3v) is 8.21. The number of benzene rings is 1. The fourth-order valence-electron chi connectivity index (χ4n) is 6.12. The Morgan fingerprint density at radius 2 is 1.70 bits per heavy atom. The molecule has 0 radical (unpaired) electrons. The van der Waals surface area contributed by atoms with Gasteiger partial charge in [0.05, 0.1) is 24.3 Å². The summed E-state index contributed by atoms with van der Waals surface area (Å²) in [5.41, 5.74) is 1.43. The molecule has 2 aliphatic rings. The fourth-order valence-corrected chi connectivity index (χ4v) is 6.12. The van der Waals surface area contributed by atoms with Crippen LogP contribution in [0.5, 0.6) is 0 Å². The summed E-state index contributed by atoms with van der Waals surface area (Å²) in [6.07, 6.45) is 4.08. The summed E-state index contributed by atoms with van der Waals surface area (Å²) < 4.78 is 5.64. The Bertz CT molecular complexity index is 955. The van der Waals surface area contributed by atoms with Crippen molar-refractivity contribution < 1.29 is 29.6 Å². The third kappa shape index (κ3) is 9.74. The molecule has 1 unspecified atom stereocenters. The maximum atomic E-state index is 13.1. The quantitative estimate of drug-likeness (QED) is 0.311. The standard InChI is InChI=1S/C32H52N2O6/c1-21(2)17-28(36)30(38)25(18-22-11-7-6-8-12-22)33-29(37)16-15-27(35)26-19-23-13-9-10-14-24(23)20-34(26)31(39)40-32(3,4)5/h9-10,13-14,21-22,25-28,30,35-36,38H,6-8,11-12,15-20H2,1-5H3,(H,33,37)/t25-,26-,27?,28-,30+/m0/s1. The van der Waals surface area contributed by atoms with E-state index in [1.807, 2.05) is 58.9 Å². The maximum absolute atomic E-state index is 13.1. The monoisotopic (exact) mass is 560 g/mol. The number of hydrogen-bond donors (Lipinski definition) is 4. The Morgan fingerprint density at radius 1 is 1.05 bits per heavy atom. The molecule has 40 heavy (non-hydrogen) atoms. The molecule has 1 saturated carbocycles. The lowest BCUT2D eigenvalue weighted by Gasteiger charge is -2.40. The summed E-state index contributed by atoms with van der Waals surface area (Å²) in [5, 5.41) is 35.9. The predicted octanol–water partition coefficient (Wildman–Crippen LogP) is 4.71. The van der Waals surface area contributed by atoms with Gasteiger partial charge in [0.25, 0.3) is 0 Å². The van der Waals surface area contributed by atoms with E-state index in [1.165, 1.54) is 6.42 Å². The number of aliphatic hydroxyl groups is 3. The molecular formula is C32H52N2O6. The topological polar surface area (TPSA) is 119 Å². The lowest BCUT2D eigenvalue weighted by Crippen LogP contribution is -2.52. The van der Waals surface area contributed by atoms with E-state index in [0.29, 0.717) is 31.7 Å². The summed E-state index contributed by atoms with van der Waals surface area (Å²) in [6.45, 7) is 9.77. The van der Waals surface area contributed by atoms with Crippen LogP contribution in [0.2, 0.25) is 0 Å². The summed E-state index contributed by atoms with van der Waals surface area (Å²) in [4.78, 5) is 27.8. The van der Waals surface area contributed by atoms with Gasteiger partial charge in [-0.1, -0.05) is 70.2 Å². The third-order valence-electron chi connectivity index (χ3n) is 8.21. The second kappa shape index (κ2) is 14.6. The first kappa shape index (κ1) is 32.4. The van der Waals surface area contributed by atoms with E-state index in [4.69, 9.17) is 4.74 Å². The molecule has 1 aromatic rings. The van der Waals surface area contributed by atoms with Crippen LogP contribution < -0.4 is 5.32 Å². The zero-order valence-corrected chi connectivity index (χ0v) is 25.1. The highest BCUT2D eigenvalue weighted by molar-refractivity contribution is 5.76. The van der Waals surface area contributed by atoms with Crippen molar-refractivity contribution in [1.29, 1.82) is 0 Å². The fraction of sp³-hybridized carbons (Fsp3) is 0.750. The van der Waals surface area contributed by atoms with E-state index in [-0.39, 0.29) is 24.7 Å². The number of nitrogens with one attached hydrogen (secondary N) is 1. The van der Waals surface area contributed by atoms with E-state index in [9.17, 15) is 24.9 Å². The molecule has 1 aromatic carbocycles. The molecule has 0 saturated heterocycles. The highest BCUT2D eigenvalue weighted by atomic mass is 16.6. The highest BCUT2D eigenvalue weighted by Gasteiger charge is 2.37. The van der Waals surface area contributed by atoms with E-state index < -0.39 is 42.1 Å². The number of amides is 2. The van der Waals surface area contributed by atoms with Gasteiger partial charge in [-0.05, 0) is 69.4 Å². The molecule has 1 aliphatic heterocycles. The number of fused-ring (bicyclic) bond motifs is 1. The Hall–Kier alpha value is -2.16. The Labute approximate surface area is 240 Å². The molecule has 0 spiro atoms. The largest absolute Gasteiger partial charge is 0.444 e. The summed E-state index contributed by atoms with van der Waals surface area (Å²) >= 11 is 0. The smallest absolute Gasteiger partial charge is 0.410 e. The first-order chi connectivity index (χ1) is 18.8. The van der Waals surface area contributed by atoms with Gasteiger partial charge in [-0.3, -0.25) is 9.69 Å². The molecule has 1 heterocycles. The molecule has 4 N–H and O–H groups in total. The van der Waals surface area contributed by atoms with Crippen LogP contribution in [-0.4, -0.2) is 68.2 Å². The van der Waals surface area contributed by atoms with Gasteiger partial charge < -0.3 is 25.4 Å². The van der Waals surface area contributed by atoms with E-state index in [2.05, 4.69) is 5.32 Å². The number of ether oxygens (including phenoxy) is 1. The van der Waals surface area contributed by atoms with Crippen LogP contribution in [-0.2, 0) is 22.5 Å². The number of nitrogens with zero attached hydrogens (tertiary/aromatic N) is 1. The van der Waals surface area contributed by atoms with Gasteiger partial charge >= 0.3 is 6.09 Å². The van der Waals surface area contributed by atoms with Gasteiger partial charge in [-0.2, -0.15) is 0 Å². The number of rotatable bonds is 11. The van der Waals surface area contributed by atoms with Crippen molar-refractivity contribution in [1.82, 2.24) is 10.2 Å². The lowest BCUT2D eigenvalue weighted by molar-refractivity contribution is -0.124. The van der Waals surface area contributed by atoms with Crippen molar-refractivity contribution in [3.05, 3.63) is 35.4 Å². The zero-order valence-electron chi connectivity index (χ0n) is 25.1. The lowest BCUT2D eigenvalue weighted by atomic mass is 9.82. The van der Waals surface area contributed by atoms with Crippen molar-refractivity contribution in [3.8, 4) is 0 Å². The molecule has 226 valence electrons. The summed E-state index contributed by atoms with van der Waals surface area (Å²) in [5.74, 6) is 0.366. The van der Waals surface area contributed by atoms with Crippen LogP contribution in [0.1, 0.15) is 104 Å². The van der Waals surface area contributed by atoms with E-state index in [0.717, 1.165) is 36.8 Å². The minimum Gasteiger partial charge on any atom is -0.444 e. The van der Waals surface area contributed by atoms with Crippen molar-refractivity contribution in [2.24, 2.45) is 11.8 Å². The predicted molar refractivity (Wildman–Crippen MR) is 156 cm³/mol. The van der Waals surface area contributed by atoms with E-state index >= 15 is 0 Å². The van der Waals surface area contributed by atoms with Crippen LogP contribution in [0.4, 0.5) is 4.79 Å². The minimum atomic E-state index is -1.05. The molecular weight excluding hydrogens is 508 g/mol. The number of carbonyl (C=O) groups excluding carboxylic acids is 2. The second-order valence-corrected chi connectivity index (χ2v) is 13.4. The van der Waals surface area contributed by atoms with Crippen molar-refractivity contribution in [3.63, 3.8) is 0 Å². The summed E-state index contributed by atoms with van der Waals surface area (Å²) in [6, 6.07) is 6.81. The maximum Gasteiger partial charge on any atom is 0.410 e. The van der Waals surface area contributed by atoms with Gasteiger partial charge in [0, 0.05) is 13.0 Å². The first-order valence-corrected chi connectivity index (χ1v) is 15.2. The van der Waals surface area contributed by atoms with Gasteiger partial charge in [0.1, 0.15) is 11.7 Å². The van der Waals surface area contributed by atoms with Crippen LogP contribution in [0.15, 0.2) is 24.3 Å². The van der Waals surface area contributed by atoms with Crippen LogP contribution in [0, 0.1) is 11.8 Å². The van der Waals surface area contributed by atoms with Crippen molar-refractivity contribution >= 4 is 12.0 Å². The number of aliphatic hydroxyl groups excluding tert-OH is 3. The van der Waals surface area contributed by atoms with Gasteiger partial charge in [0.15, 0.2) is 0 Å². The average molecular weight is 561 g/mol. The molecule has 8 heteroatoms. The number of hydrogen-bond acceptors (Lipinski definition) is 6. The van der Waals surface area contributed by atoms with Crippen molar-refractivity contribution in [2.45, 2.75) is 141 Å². The van der Waals surface area contributed by atoms with E-state index in [1.54, 1.807) is 4.90 Å². The Balaban J connectivity index is 1.65. The Kier molecular flexibility index (Phi) is 11.8. The molecule has 8 nitrogen and oxygen atoms in total. The summed E-state index contributed by atoms with van der Waals surface area (Å²) in [7, 11) is 0. The molecule has 1 fully saturated rings. The first-order valence-electron chi connectivity index (χ1n) is 15.2. The van der Waals surface area contributed by atoms with Crippen LogP contribution >= 0.6 is 0 Å². The molecule has 3 rings (SSSR count). The average Bonchev–Trinajstić information content (AvgIpc) is 2.89. The van der Waals surface area contributed by atoms with Crippen LogP contribution in [0.25, 0.3) is 0 Å². The van der Waals surface area contributed by atoms with Crippen molar-refractivity contribution in [2.75, 3.05) is 0 Å². The molecule has 0 bridgehead atoms. The normalized spacial score (nSPS) is 21.3. The Morgan fingerprint density at radius 3 is 2.33 bits per heavy atom. The van der Waals surface area contributed by atoms with Crippen LogP contribution in [0.3, 0.4) is 0 Å². The number of carbonyl (C=O) groups is 2. The SMILES string of the molecule is CC(C)C[C@H](O)[C@H](O)[C@H](CC1CCCCC1)NC(=O)CCC(O)[C@@H]1Cc2ccccc2CN1C(=O)OC(C)(C)C. The zero-order chi connectivity index (χ0) is 29.4. The second-order valence-electron chi connectivity index (χ2n) is 13.4. The molecule has 2 amide bonds. The highest BCUT2D eigenvalue weighted by Crippen LogP contribution is 2.30. The molecule has 1 aliphatic carbocycles.